The maximum Gasteiger partial charge on any atom is 0.419 e. The SMILES string of the molecule is O=[N+]([O-])c1cccc(N[P@](=O)(Oc2ccccc2)N(CCCl)CCCl)c1. The van der Waals surface area contributed by atoms with Gasteiger partial charge in [0.05, 0.1) is 10.6 Å². The minimum absolute atomic E-state index is 0.123. The summed E-state index contributed by atoms with van der Waals surface area (Å²) in [6.07, 6.45) is 0. The fraction of sp³-hybridized carbons (Fsp3) is 0.250. The van der Waals surface area contributed by atoms with Gasteiger partial charge in [-0.25, -0.2) is 9.24 Å². The summed E-state index contributed by atoms with van der Waals surface area (Å²) in [6, 6.07) is 14.4. The summed E-state index contributed by atoms with van der Waals surface area (Å²) in [5.41, 5.74) is 0.176. The lowest BCUT2D eigenvalue weighted by Gasteiger charge is -2.30. The fourth-order valence-corrected chi connectivity index (χ4v) is 4.74. The number of nitro benzene ring substituents is 1. The van der Waals surface area contributed by atoms with Crippen LogP contribution in [0.3, 0.4) is 0 Å². The molecule has 26 heavy (non-hydrogen) atoms. The average molecular weight is 418 g/mol. The summed E-state index contributed by atoms with van der Waals surface area (Å²) in [5.74, 6) is 0.827. The van der Waals surface area contributed by atoms with Crippen molar-refractivity contribution < 1.29 is 14.0 Å². The van der Waals surface area contributed by atoms with Crippen molar-refractivity contribution in [2.75, 3.05) is 29.9 Å². The zero-order chi connectivity index (χ0) is 19.0. The van der Waals surface area contributed by atoms with E-state index >= 15 is 0 Å². The highest BCUT2D eigenvalue weighted by Gasteiger charge is 2.33. The molecule has 2 rings (SSSR count). The van der Waals surface area contributed by atoms with Crippen molar-refractivity contribution in [2.45, 2.75) is 0 Å². The molecule has 10 heteroatoms. The summed E-state index contributed by atoms with van der Waals surface area (Å²) in [6.45, 7) is 0.528. The predicted molar refractivity (Wildman–Crippen MR) is 104 cm³/mol. The Morgan fingerprint density at radius 3 is 2.31 bits per heavy atom. The molecule has 0 heterocycles. The highest BCUT2D eigenvalue weighted by Crippen LogP contribution is 2.50. The molecule has 0 unspecified atom stereocenters. The van der Waals surface area contributed by atoms with Crippen LogP contribution in [0.2, 0.25) is 0 Å². The fourth-order valence-electron chi connectivity index (χ4n) is 2.20. The summed E-state index contributed by atoms with van der Waals surface area (Å²) < 4.78 is 20.9. The molecule has 0 aromatic heterocycles. The van der Waals surface area contributed by atoms with Crippen LogP contribution >= 0.6 is 30.9 Å². The average Bonchev–Trinajstić information content (AvgIpc) is 2.62. The smallest absolute Gasteiger partial charge is 0.418 e. The first kappa shape index (κ1) is 20.5. The van der Waals surface area contributed by atoms with Crippen LogP contribution in [-0.2, 0) is 4.57 Å². The number of para-hydroxylation sites is 1. The highest BCUT2D eigenvalue weighted by atomic mass is 35.5. The van der Waals surface area contributed by atoms with Crippen molar-refractivity contribution >= 4 is 42.2 Å². The molecule has 0 saturated heterocycles. The van der Waals surface area contributed by atoms with Gasteiger partial charge in [0.2, 0.25) is 0 Å². The second-order valence-electron chi connectivity index (χ2n) is 5.18. The molecule has 2 aromatic carbocycles. The van der Waals surface area contributed by atoms with Crippen LogP contribution in [0.1, 0.15) is 0 Å². The Hall–Kier alpha value is -1.79. The van der Waals surface area contributed by atoms with Crippen molar-refractivity contribution in [3.05, 3.63) is 64.7 Å². The molecule has 0 saturated carbocycles. The van der Waals surface area contributed by atoms with Gasteiger partial charge in [0.25, 0.3) is 5.69 Å². The first-order valence-corrected chi connectivity index (χ1v) is 10.4. The van der Waals surface area contributed by atoms with E-state index in [1.54, 1.807) is 36.4 Å². The Labute approximate surface area is 161 Å². The van der Waals surface area contributed by atoms with Crippen molar-refractivity contribution in [1.82, 2.24) is 4.67 Å². The van der Waals surface area contributed by atoms with Crippen molar-refractivity contribution in [3.8, 4) is 5.75 Å². The number of hydrogen-bond acceptors (Lipinski definition) is 4. The lowest BCUT2D eigenvalue weighted by molar-refractivity contribution is -0.384. The number of hydrogen-bond donors (Lipinski definition) is 1. The van der Waals surface area contributed by atoms with Crippen LogP contribution in [0, 0.1) is 10.1 Å². The number of nitrogens with one attached hydrogen (secondary N) is 1. The van der Waals surface area contributed by atoms with Gasteiger partial charge in [-0.05, 0) is 18.2 Å². The quantitative estimate of drug-likeness (QED) is 0.254. The topological polar surface area (TPSA) is 84.7 Å². The molecule has 0 fully saturated rings. The summed E-state index contributed by atoms with van der Waals surface area (Å²) in [5, 5.41) is 13.8. The van der Waals surface area contributed by atoms with Crippen LogP contribution in [0.5, 0.6) is 5.75 Å². The van der Waals surface area contributed by atoms with Gasteiger partial charge >= 0.3 is 7.67 Å². The van der Waals surface area contributed by atoms with Crippen LogP contribution < -0.4 is 9.61 Å². The maximum absolute atomic E-state index is 13.6. The standard InChI is InChI=1S/C16H18Cl2N3O4P/c17-9-11-20(12-10-18)26(24,25-16-7-2-1-3-8-16)19-14-5-4-6-15(13-14)21(22)23/h1-8,13H,9-12H2,(H,19,24)/t26-/m0/s1. The van der Waals surface area contributed by atoms with E-state index < -0.39 is 12.6 Å². The number of nitro groups is 1. The third kappa shape index (κ3) is 5.61. The normalized spacial score (nSPS) is 13.2. The van der Waals surface area contributed by atoms with E-state index in [1.165, 1.54) is 22.9 Å². The molecule has 2 aromatic rings. The summed E-state index contributed by atoms with van der Waals surface area (Å²) in [4.78, 5) is 10.5. The molecule has 0 aliphatic carbocycles. The van der Waals surface area contributed by atoms with E-state index in [2.05, 4.69) is 5.09 Å². The number of nitrogens with zero attached hydrogens (tertiary/aromatic N) is 2. The first-order valence-electron chi connectivity index (χ1n) is 7.73. The zero-order valence-corrected chi connectivity index (χ0v) is 16.2. The third-order valence-corrected chi connectivity index (χ3v) is 5.84. The number of benzene rings is 2. The van der Waals surface area contributed by atoms with E-state index in [0.29, 0.717) is 11.4 Å². The maximum atomic E-state index is 13.6. The molecule has 0 radical (unpaired) electrons. The molecule has 7 nitrogen and oxygen atoms in total. The van der Waals surface area contributed by atoms with Gasteiger partial charge in [0.15, 0.2) is 0 Å². The van der Waals surface area contributed by atoms with Gasteiger partial charge in [-0.2, -0.15) is 0 Å². The first-order chi connectivity index (χ1) is 12.5. The lowest BCUT2D eigenvalue weighted by Crippen LogP contribution is -2.30. The molecule has 1 N–H and O–H groups in total. The molecule has 0 amide bonds. The molecule has 0 aliphatic rings. The molecule has 0 bridgehead atoms. The van der Waals surface area contributed by atoms with Gasteiger partial charge in [-0.1, -0.05) is 24.3 Å². The molecule has 140 valence electrons. The van der Waals surface area contributed by atoms with Crippen LogP contribution in [0.25, 0.3) is 0 Å². The van der Waals surface area contributed by atoms with E-state index in [9.17, 15) is 14.7 Å². The minimum atomic E-state index is -3.66. The van der Waals surface area contributed by atoms with Crippen LogP contribution in [0.15, 0.2) is 54.6 Å². The third-order valence-electron chi connectivity index (χ3n) is 3.36. The van der Waals surface area contributed by atoms with E-state index in [0.717, 1.165) is 0 Å². The van der Waals surface area contributed by atoms with Crippen molar-refractivity contribution in [2.24, 2.45) is 0 Å². The van der Waals surface area contributed by atoms with E-state index in [4.69, 9.17) is 27.7 Å². The summed E-state index contributed by atoms with van der Waals surface area (Å²) >= 11 is 11.7. The zero-order valence-electron chi connectivity index (χ0n) is 13.8. The van der Waals surface area contributed by atoms with Gasteiger partial charge in [-0.15, -0.1) is 23.2 Å². The molecular weight excluding hydrogens is 400 g/mol. The van der Waals surface area contributed by atoms with E-state index in [1.807, 2.05) is 0 Å². The molecule has 0 spiro atoms. The highest BCUT2D eigenvalue weighted by molar-refractivity contribution is 7.58. The molecule has 1 atom stereocenters. The van der Waals surface area contributed by atoms with E-state index in [-0.39, 0.29) is 30.5 Å². The lowest BCUT2D eigenvalue weighted by atomic mass is 10.3. The Morgan fingerprint density at radius 2 is 1.73 bits per heavy atom. The largest absolute Gasteiger partial charge is 0.419 e. The number of halogens is 2. The number of alkyl halides is 2. The monoisotopic (exact) mass is 417 g/mol. The van der Waals surface area contributed by atoms with Crippen LogP contribution in [-0.4, -0.2) is 34.4 Å². The number of non-ortho nitro benzene ring substituents is 1. The molecule has 0 aliphatic heterocycles. The Kier molecular flexibility index (Phi) is 7.72. The van der Waals surface area contributed by atoms with Crippen molar-refractivity contribution in [3.63, 3.8) is 0 Å². The van der Waals surface area contributed by atoms with Gasteiger partial charge in [0, 0.05) is 37.0 Å². The Bertz CT molecular complexity index is 773. The summed E-state index contributed by atoms with van der Waals surface area (Å²) in [7, 11) is -3.66. The number of anilines is 1. The predicted octanol–water partition coefficient (Wildman–Crippen LogP) is 4.97. The second kappa shape index (κ2) is 9.78. The minimum Gasteiger partial charge on any atom is -0.418 e. The Balaban J connectivity index is 2.37. The van der Waals surface area contributed by atoms with Gasteiger partial charge < -0.3 is 4.52 Å². The second-order valence-corrected chi connectivity index (χ2v) is 7.94. The molecular formula is C16H18Cl2N3O4P. The van der Waals surface area contributed by atoms with Crippen LogP contribution in [0.4, 0.5) is 11.4 Å². The van der Waals surface area contributed by atoms with Crippen molar-refractivity contribution in [1.29, 1.82) is 0 Å². The Morgan fingerprint density at radius 1 is 1.08 bits per heavy atom. The van der Waals surface area contributed by atoms with Gasteiger partial charge in [-0.3, -0.25) is 15.2 Å². The van der Waals surface area contributed by atoms with Gasteiger partial charge in [0.1, 0.15) is 5.75 Å². The number of rotatable bonds is 10.